The number of nitrogens with one attached hydrogen (secondary N) is 3. The fraction of sp³-hybridized carbons (Fsp3) is 0.609. The Morgan fingerprint density at radius 3 is 2.76 bits per heavy atom. The fourth-order valence-electron chi connectivity index (χ4n) is 4.80. The normalized spacial score (nSPS) is 22.9. The minimum Gasteiger partial charge on any atom is -0.480 e. The summed E-state index contributed by atoms with van der Waals surface area (Å²) in [4.78, 5) is 40.9. The van der Waals surface area contributed by atoms with Crippen molar-refractivity contribution in [2.75, 3.05) is 25.0 Å². The largest absolute Gasteiger partial charge is 0.480 e. The number of carboxylic acids is 1. The third-order valence-corrected chi connectivity index (χ3v) is 8.23. The van der Waals surface area contributed by atoms with E-state index in [0.29, 0.717) is 31.0 Å². The number of hydrogen-bond donors (Lipinski definition) is 5. The van der Waals surface area contributed by atoms with E-state index in [1.54, 1.807) is 6.07 Å². The molecule has 1 fully saturated rings. The van der Waals surface area contributed by atoms with Crippen LogP contribution < -0.4 is 21.2 Å². The first-order chi connectivity index (χ1) is 17.5. The SMILES string of the molecule is CC1CNc2c(cccc2S(=O)(=O)N[C@@H](CCCN=C(N)NN=O)C(=O)N2CC[C@@H](C)C[C@@H]2C(=O)O)C1. The number of nitroso groups, excluding NO2 is 1. The van der Waals surface area contributed by atoms with Crippen LogP contribution in [0.25, 0.3) is 0 Å². The number of likely N-dealkylation sites (tertiary alicyclic amines) is 1. The Morgan fingerprint density at radius 1 is 1.30 bits per heavy atom. The highest BCUT2D eigenvalue weighted by atomic mass is 32.2. The van der Waals surface area contributed by atoms with Crippen LogP contribution in [0.4, 0.5) is 5.69 Å². The number of sulfonamides is 1. The first kappa shape index (κ1) is 28.3. The number of amides is 1. The van der Waals surface area contributed by atoms with Crippen LogP contribution >= 0.6 is 0 Å². The Hall–Kier alpha value is -3.26. The molecule has 4 atom stereocenters. The van der Waals surface area contributed by atoms with Gasteiger partial charge in [0.15, 0.2) is 0 Å². The van der Waals surface area contributed by atoms with E-state index in [4.69, 9.17) is 5.73 Å². The van der Waals surface area contributed by atoms with E-state index < -0.39 is 34.0 Å². The van der Waals surface area contributed by atoms with E-state index in [-0.39, 0.29) is 42.7 Å². The average Bonchev–Trinajstić information content (AvgIpc) is 2.84. The Kier molecular flexibility index (Phi) is 9.43. The van der Waals surface area contributed by atoms with Gasteiger partial charge in [-0.1, -0.05) is 26.0 Å². The second-order valence-corrected chi connectivity index (χ2v) is 11.5. The highest BCUT2D eigenvalue weighted by Crippen LogP contribution is 2.31. The van der Waals surface area contributed by atoms with Crippen LogP contribution in [0, 0.1) is 16.7 Å². The molecule has 37 heavy (non-hydrogen) atoms. The maximum atomic E-state index is 13.6. The maximum absolute atomic E-state index is 13.6. The summed E-state index contributed by atoms with van der Waals surface area (Å²) in [5, 5.41) is 15.3. The van der Waals surface area contributed by atoms with Crippen molar-refractivity contribution in [2.24, 2.45) is 27.8 Å². The summed E-state index contributed by atoms with van der Waals surface area (Å²) in [5.74, 6) is -1.45. The number of nitrogens with zero attached hydrogens (tertiary/aromatic N) is 3. The van der Waals surface area contributed by atoms with Crippen LogP contribution in [-0.2, 0) is 26.0 Å². The molecule has 6 N–H and O–H groups in total. The maximum Gasteiger partial charge on any atom is 0.326 e. The standard InChI is InChI=1S/C23H35N7O6S/c1-14-8-10-30(18(12-14)22(32)33)21(31)17(6-4-9-25-23(24)27-29-34)28-37(35,36)19-7-3-5-16-11-15(2)13-26-20(16)19/h3,5,7,14-15,17-18,26,28H,4,6,8-13H2,1-2H3,(H,32,33)(H3,24,25,27,34)/t14-,15?,17+,18-/m1/s1. The lowest BCUT2D eigenvalue weighted by atomic mass is 9.91. The number of piperidine rings is 1. The van der Waals surface area contributed by atoms with Crippen molar-refractivity contribution in [3.63, 3.8) is 0 Å². The van der Waals surface area contributed by atoms with Crippen molar-refractivity contribution in [1.82, 2.24) is 15.0 Å². The third-order valence-electron chi connectivity index (χ3n) is 6.72. The second-order valence-electron chi connectivity index (χ2n) is 9.78. The van der Waals surface area contributed by atoms with E-state index in [2.05, 4.69) is 27.2 Å². The number of aliphatic carboxylic acids is 1. The fourth-order valence-corrected chi connectivity index (χ4v) is 6.25. The van der Waals surface area contributed by atoms with Gasteiger partial charge in [0.05, 0.1) is 11.0 Å². The number of fused-ring (bicyclic) bond motifs is 1. The summed E-state index contributed by atoms with van der Waals surface area (Å²) in [6, 6.07) is 2.77. The number of guanidine groups is 1. The molecule has 0 bridgehead atoms. The van der Waals surface area contributed by atoms with Crippen LogP contribution in [0.15, 0.2) is 33.4 Å². The minimum atomic E-state index is -4.15. The summed E-state index contributed by atoms with van der Waals surface area (Å²) in [6.45, 7) is 4.93. The zero-order valence-electron chi connectivity index (χ0n) is 21.0. The molecule has 2 aliphatic rings. The van der Waals surface area contributed by atoms with Crippen molar-refractivity contribution in [2.45, 2.75) is 62.9 Å². The highest BCUT2D eigenvalue weighted by Gasteiger charge is 2.39. The summed E-state index contributed by atoms with van der Waals surface area (Å²) >= 11 is 0. The first-order valence-corrected chi connectivity index (χ1v) is 13.8. The Balaban J connectivity index is 1.86. The molecule has 2 heterocycles. The number of carbonyl (C=O) groups is 2. The Labute approximate surface area is 216 Å². The van der Waals surface area contributed by atoms with E-state index in [1.165, 1.54) is 11.0 Å². The monoisotopic (exact) mass is 537 g/mol. The molecule has 1 amide bonds. The molecule has 14 heteroatoms. The zero-order chi connectivity index (χ0) is 27.2. The predicted molar refractivity (Wildman–Crippen MR) is 138 cm³/mol. The van der Waals surface area contributed by atoms with Crippen LogP contribution in [-0.4, -0.2) is 68.0 Å². The molecule has 0 aromatic heterocycles. The minimum absolute atomic E-state index is 0.0419. The third kappa shape index (κ3) is 7.16. The van der Waals surface area contributed by atoms with Gasteiger partial charge in [0.1, 0.15) is 17.0 Å². The number of aliphatic imine (C=N–C) groups is 1. The van der Waals surface area contributed by atoms with E-state index in [9.17, 15) is 28.0 Å². The molecular formula is C23H35N7O6S. The molecule has 204 valence electrons. The highest BCUT2D eigenvalue weighted by molar-refractivity contribution is 7.89. The van der Waals surface area contributed by atoms with Gasteiger partial charge < -0.3 is 21.1 Å². The number of rotatable bonds is 10. The number of carbonyl (C=O) groups excluding carboxylic acids is 1. The number of nitrogens with two attached hydrogens (primary N) is 1. The van der Waals surface area contributed by atoms with Gasteiger partial charge in [0.2, 0.25) is 21.9 Å². The summed E-state index contributed by atoms with van der Waals surface area (Å²) in [6.07, 6.45) is 1.92. The molecule has 1 aromatic carbocycles. The average molecular weight is 538 g/mol. The topological polar surface area (TPSA) is 196 Å². The summed E-state index contributed by atoms with van der Waals surface area (Å²) < 4.78 is 29.6. The van der Waals surface area contributed by atoms with Gasteiger partial charge in [-0.25, -0.2) is 18.6 Å². The molecule has 0 radical (unpaired) electrons. The summed E-state index contributed by atoms with van der Waals surface area (Å²) in [5.41, 5.74) is 8.83. The Bertz CT molecular complexity index is 1140. The van der Waals surface area contributed by atoms with Gasteiger partial charge >= 0.3 is 5.97 Å². The van der Waals surface area contributed by atoms with Crippen LogP contribution in [0.1, 0.15) is 45.1 Å². The van der Waals surface area contributed by atoms with Crippen molar-refractivity contribution in [3.05, 3.63) is 28.7 Å². The van der Waals surface area contributed by atoms with Gasteiger partial charge in [0.25, 0.3) is 0 Å². The molecular weight excluding hydrogens is 502 g/mol. The lowest BCUT2D eigenvalue weighted by molar-refractivity contribution is -0.153. The molecule has 0 spiro atoms. The number of benzene rings is 1. The smallest absolute Gasteiger partial charge is 0.326 e. The van der Waals surface area contributed by atoms with Gasteiger partial charge in [-0.05, 0) is 55.6 Å². The van der Waals surface area contributed by atoms with Crippen LogP contribution in [0.2, 0.25) is 0 Å². The summed E-state index contributed by atoms with van der Waals surface area (Å²) in [7, 11) is -4.15. The van der Waals surface area contributed by atoms with Crippen molar-refractivity contribution >= 4 is 33.5 Å². The molecule has 0 saturated carbocycles. The Morgan fingerprint density at radius 2 is 2.05 bits per heavy atom. The molecule has 13 nitrogen and oxygen atoms in total. The van der Waals surface area contributed by atoms with E-state index >= 15 is 0 Å². The molecule has 3 rings (SSSR count). The van der Waals surface area contributed by atoms with E-state index in [0.717, 1.165) is 12.0 Å². The van der Waals surface area contributed by atoms with E-state index in [1.807, 2.05) is 18.4 Å². The van der Waals surface area contributed by atoms with Crippen LogP contribution in [0.5, 0.6) is 0 Å². The number of carboxylic acid groups (broad SMARTS) is 1. The number of hydrogen-bond acceptors (Lipinski definition) is 8. The quantitative estimate of drug-likeness (QED) is 0.0951. The van der Waals surface area contributed by atoms with Gasteiger partial charge in [0, 0.05) is 19.6 Å². The molecule has 0 aliphatic carbocycles. The number of anilines is 1. The van der Waals surface area contributed by atoms with Gasteiger partial charge in [-0.15, -0.1) is 4.91 Å². The lowest BCUT2D eigenvalue weighted by Gasteiger charge is -2.38. The molecule has 1 unspecified atom stereocenters. The van der Waals surface area contributed by atoms with Crippen molar-refractivity contribution in [1.29, 1.82) is 0 Å². The van der Waals surface area contributed by atoms with Crippen LogP contribution in [0.3, 0.4) is 0 Å². The van der Waals surface area contributed by atoms with Gasteiger partial charge in [-0.3, -0.25) is 9.79 Å². The van der Waals surface area contributed by atoms with Gasteiger partial charge in [-0.2, -0.15) is 4.72 Å². The molecule has 1 saturated heterocycles. The molecule has 1 aromatic rings. The molecule has 2 aliphatic heterocycles. The first-order valence-electron chi connectivity index (χ1n) is 12.3. The second kappa shape index (κ2) is 12.3. The van der Waals surface area contributed by atoms with Crippen molar-refractivity contribution in [3.8, 4) is 0 Å². The van der Waals surface area contributed by atoms with Crippen molar-refractivity contribution < 1.29 is 23.1 Å². The predicted octanol–water partition coefficient (Wildman–Crippen LogP) is 1.02. The number of para-hydroxylation sites is 1. The zero-order valence-corrected chi connectivity index (χ0v) is 21.8. The lowest BCUT2D eigenvalue weighted by Crippen LogP contribution is -2.56.